The maximum Gasteiger partial charge on any atom is 0.234 e. The lowest BCUT2D eigenvalue weighted by Crippen LogP contribution is -2.47. The van der Waals surface area contributed by atoms with Gasteiger partial charge in [0.25, 0.3) is 0 Å². The van der Waals surface area contributed by atoms with Gasteiger partial charge < -0.3 is 15.4 Å². The average Bonchev–Trinajstić information content (AvgIpc) is 2.88. The first kappa shape index (κ1) is 14.8. The molecule has 2 aliphatic rings. The molecule has 1 saturated heterocycles. The second kappa shape index (κ2) is 7.25. The Kier molecular flexibility index (Phi) is 5.64. The van der Waals surface area contributed by atoms with Crippen molar-refractivity contribution in [1.29, 1.82) is 0 Å². The highest BCUT2D eigenvalue weighted by Gasteiger charge is 2.27. The summed E-state index contributed by atoms with van der Waals surface area (Å²) in [4.78, 5) is 11.9. The van der Waals surface area contributed by atoms with Crippen LogP contribution in [0.25, 0.3) is 0 Å². The van der Waals surface area contributed by atoms with Gasteiger partial charge >= 0.3 is 0 Å². The van der Waals surface area contributed by atoms with E-state index in [4.69, 9.17) is 4.74 Å². The Morgan fingerprint density at radius 3 is 2.79 bits per heavy atom. The van der Waals surface area contributed by atoms with E-state index in [1.165, 1.54) is 12.8 Å². The molecule has 1 aliphatic heterocycles. The lowest BCUT2D eigenvalue weighted by Gasteiger charge is -2.34. The quantitative estimate of drug-likeness (QED) is 0.798. The highest BCUT2D eigenvalue weighted by Crippen LogP contribution is 2.29. The van der Waals surface area contributed by atoms with Gasteiger partial charge in [0.2, 0.25) is 5.91 Å². The van der Waals surface area contributed by atoms with Crippen molar-refractivity contribution in [1.82, 2.24) is 10.6 Å². The summed E-state index contributed by atoms with van der Waals surface area (Å²) >= 11 is 0. The van der Waals surface area contributed by atoms with E-state index in [2.05, 4.69) is 24.5 Å². The average molecular weight is 268 g/mol. The van der Waals surface area contributed by atoms with Crippen molar-refractivity contribution in [2.45, 2.75) is 58.1 Å². The molecule has 0 aromatic carbocycles. The molecule has 1 saturated carbocycles. The van der Waals surface area contributed by atoms with Crippen LogP contribution in [0.1, 0.15) is 46.0 Å². The SMILES string of the molecule is CC1CCCC(NC(=O)CNCC2CCCO2)C1C. The van der Waals surface area contributed by atoms with Crippen LogP contribution < -0.4 is 10.6 Å². The van der Waals surface area contributed by atoms with Crippen LogP contribution in [0.15, 0.2) is 0 Å². The molecule has 2 N–H and O–H groups in total. The van der Waals surface area contributed by atoms with E-state index in [9.17, 15) is 4.79 Å². The molecule has 2 rings (SSSR count). The molecular weight excluding hydrogens is 240 g/mol. The molecule has 1 aliphatic carbocycles. The van der Waals surface area contributed by atoms with Crippen LogP contribution >= 0.6 is 0 Å². The fourth-order valence-electron chi connectivity index (χ4n) is 3.20. The minimum Gasteiger partial charge on any atom is -0.377 e. The Bertz CT molecular complexity index is 290. The topological polar surface area (TPSA) is 50.4 Å². The molecule has 2 fully saturated rings. The Morgan fingerprint density at radius 2 is 2.05 bits per heavy atom. The molecule has 4 unspecified atom stereocenters. The molecule has 4 heteroatoms. The molecule has 0 aromatic heterocycles. The monoisotopic (exact) mass is 268 g/mol. The zero-order valence-corrected chi connectivity index (χ0v) is 12.3. The Labute approximate surface area is 116 Å². The van der Waals surface area contributed by atoms with Crippen molar-refractivity contribution in [3.8, 4) is 0 Å². The minimum absolute atomic E-state index is 0.129. The van der Waals surface area contributed by atoms with Crippen LogP contribution in [0.3, 0.4) is 0 Å². The van der Waals surface area contributed by atoms with Crippen LogP contribution in [0, 0.1) is 11.8 Å². The van der Waals surface area contributed by atoms with Crippen molar-refractivity contribution in [3.63, 3.8) is 0 Å². The minimum atomic E-state index is 0.129. The third-order valence-electron chi connectivity index (χ3n) is 4.73. The van der Waals surface area contributed by atoms with Crippen LogP contribution in [0.5, 0.6) is 0 Å². The van der Waals surface area contributed by atoms with Gasteiger partial charge in [-0.2, -0.15) is 0 Å². The van der Waals surface area contributed by atoms with Crippen molar-refractivity contribution in [2.24, 2.45) is 11.8 Å². The summed E-state index contributed by atoms with van der Waals surface area (Å²) in [5.74, 6) is 1.44. The number of hydrogen-bond donors (Lipinski definition) is 2. The number of amides is 1. The Hall–Kier alpha value is -0.610. The molecular formula is C15H28N2O2. The number of rotatable bonds is 5. The van der Waals surface area contributed by atoms with Crippen LogP contribution in [-0.2, 0) is 9.53 Å². The number of hydrogen-bond acceptors (Lipinski definition) is 3. The van der Waals surface area contributed by atoms with Crippen molar-refractivity contribution >= 4 is 5.91 Å². The maximum absolute atomic E-state index is 11.9. The van der Waals surface area contributed by atoms with E-state index in [1.54, 1.807) is 0 Å². The third kappa shape index (κ3) is 4.46. The number of carbonyl (C=O) groups is 1. The van der Waals surface area contributed by atoms with Crippen LogP contribution in [0.4, 0.5) is 0 Å². The van der Waals surface area contributed by atoms with Crippen LogP contribution in [0.2, 0.25) is 0 Å². The number of nitrogens with one attached hydrogen (secondary N) is 2. The van der Waals surface area contributed by atoms with E-state index >= 15 is 0 Å². The van der Waals surface area contributed by atoms with E-state index in [0.717, 1.165) is 38.3 Å². The zero-order valence-electron chi connectivity index (χ0n) is 12.3. The van der Waals surface area contributed by atoms with Crippen LogP contribution in [-0.4, -0.2) is 37.7 Å². The number of carbonyl (C=O) groups excluding carboxylic acids is 1. The van der Waals surface area contributed by atoms with E-state index in [1.807, 2.05) is 0 Å². The maximum atomic E-state index is 11.9. The molecule has 19 heavy (non-hydrogen) atoms. The van der Waals surface area contributed by atoms with Gasteiger partial charge in [-0.3, -0.25) is 4.79 Å². The molecule has 1 amide bonds. The van der Waals surface area contributed by atoms with Gasteiger partial charge in [-0.15, -0.1) is 0 Å². The van der Waals surface area contributed by atoms with Gasteiger partial charge in [0.05, 0.1) is 12.6 Å². The highest BCUT2D eigenvalue weighted by atomic mass is 16.5. The predicted molar refractivity (Wildman–Crippen MR) is 76.0 cm³/mol. The fraction of sp³-hybridized carbons (Fsp3) is 0.933. The summed E-state index contributed by atoms with van der Waals surface area (Å²) < 4.78 is 5.52. The summed E-state index contributed by atoms with van der Waals surface area (Å²) in [7, 11) is 0. The summed E-state index contributed by atoms with van der Waals surface area (Å²) in [6.45, 7) is 6.63. The zero-order chi connectivity index (χ0) is 13.7. The Morgan fingerprint density at radius 1 is 1.21 bits per heavy atom. The fourth-order valence-corrected chi connectivity index (χ4v) is 3.20. The Balaban J connectivity index is 1.63. The number of ether oxygens (including phenoxy) is 1. The van der Waals surface area contributed by atoms with E-state index in [0.29, 0.717) is 24.6 Å². The highest BCUT2D eigenvalue weighted by molar-refractivity contribution is 5.78. The standard InChI is InChI=1S/C15H28N2O2/c1-11-5-3-7-14(12(11)2)17-15(18)10-16-9-13-6-4-8-19-13/h11-14,16H,3-10H2,1-2H3,(H,17,18). The van der Waals surface area contributed by atoms with Crippen molar-refractivity contribution in [3.05, 3.63) is 0 Å². The first-order chi connectivity index (χ1) is 9.16. The molecule has 0 aromatic rings. The van der Waals surface area contributed by atoms with Gasteiger partial charge in [0.1, 0.15) is 0 Å². The largest absolute Gasteiger partial charge is 0.377 e. The summed E-state index contributed by atoms with van der Waals surface area (Å²) in [6, 6.07) is 0.362. The summed E-state index contributed by atoms with van der Waals surface area (Å²) in [6.07, 6.45) is 6.23. The second-order valence-electron chi connectivity index (χ2n) is 6.21. The van der Waals surface area contributed by atoms with Gasteiger partial charge in [0.15, 0.2) is 0 Å². The molecule has 0 spiro atoms. The normalized spacial score (nSPS) is 35.3. The van der Waals surface area contributed by atoms with Crippen molar-refractivity contribution < 1.29 is 9.53 Å². The molecule has 0 radical (unpaired) electrons. The molecule has 110 valence electrons. The summed E-state index contributed by atoms with van der Waals surface area (Å²) in [5, 5.41) is 6.39. The first-order valence-electron chi connectivity index (χ1n) is 7.78. The predicted octanol–water partition coefficient (Wildman–Crippen LogP) is 1.70. The molecule has 0 bridgehead atoms. The molecule has 4 atom stereocenters. The molecule has 1 heterocycles. The lowest BCUT2D eigenvalue weighted by molar-refractivity contribution is -0.121. The van der Waals surface area contributed by atoms with Gasteiger partial charge in [-0.05, 0) is 31.1 Å². The summed E-state index contributed by atoms with van der Waals surface area (Å²) in [5.41, 5.74) is 0. The first-order valence-corrected chi connectivity index (χ1v) is 7.78. The van der Waals surface area contributed by atoms with E-state index < -0.39 is 0 Å². The van der Waals surface area contributed by atoms with Gasteiger partial charge in [-0.25, -0.2) is 0 Å². The second-order valence-corrected chi connectivity index (χ2v) is 6.21. The third-order valence-corrected chi connectivity index (χ3v) is 4.73. The smallest absolute Gasteiger partial charge is 0.234 e. The van der Waals surface area contributed by atoms with Gasteiger partial charge in [-0.1, -0.05) is 26.7 Å². The van der Waals surface area contributed by atoms with Crippen molar-refractivity contribution in [2.75, 3.05) is 19.7 Å². The van der Waals surface area contributed by atoms with Gasteiger partial charge in [0, 0.05) is 19.2 Å². The lowest BCUT2D eigenvalue weighted by atomic mass is 9.78. The van der Waals surface area contributed by atoms with E-state index in [-0.39, 0.29) is 5.91 Å². The molecule has 4 nitrogen and oxygen atoms in total.